The smallest absolute Gasteiger partial charge is 0.352 e. The van der Waals surface area contributed by atoms with Gasteiger partial charge in [-0.1, -0.05) is 0 Å². The lowest BCUT2D eigenvalue weighted by atomic mass is 10.0. The van der Waals surface area contributed by atoms with Gasteiger partial charge in [0.1, 0.15) is 40.4 Å². The Hall–Kier alpha value is -4.34. The molecule has 0 aliphatic carbocycles. The first-order valence-electron chi connectivity index (χ1n) is 9.49. The number of carbonyl (C=O) groups is 2. The molecule has 4 rings (SSSR count). The number of amides is 1. The van der Waals surface area contributed by atoms with E-state index < -0.39 is 23.7 Å². The number of allylic oxidation sites excluding steroid dienone is 1. The number of fused-ring (bicyclic) bond motifs is 1. The Morgan fingerprint density at radius 2 is 1.91 bits per heavy atom. The molecule has 32 heavy (non-hydrogen) atoms. The van der Waals surface area contributed by atoms with Gasteiger partial charge in [-0.05, 0) is 48.5 Å². The summed E-state index contributed by atoms with van der Waals surface area (Å²) in [5, 5.41) is 19.4. The summed E-state index contributed by atoms with van der Waals surface area (Å²) >= 11 is 0. The third-order valence-electron chi connectivity index (χ3n) is 4.97. The number of rotatable bonds is 6. The first kappa shape index (κ1) is 20.9. The van der Waals surface area contributed by atoms with Crippen LogP contribution in [0.5, 0.6) is 11.5 Å². The van der Waals surface area contributed by atoms with Crippen molar-refractivity contribution in [3.63, 3.8) is 0 Å². The first-order valence-corrected chi connectivity index (χ1v) is 9.49. The zero-order valence-corrected chi connectivity index (χ0v) is 17.1. The molecule has 1 aromatic heterocycles. The number of hydrogen-bond donors (Lipinski definition) is 3. The first-order chi connectivity index (χ1) is 15.4. The molecule has 0 saturated heterocycles. The zero-order valence-electron chi connectivity index (χ0n) is 17.1. The van der Waals surface area contributed by atoms with Crippen molar-refractivity contribution in [1.29, 1.82) is 0 Å². The number of halogens is 1. The van der Waals surface area contributed by atoms with Crippen LogP contribution in [0.1, 0.15) is 22.0 Å². The van der Waals surface area contributed by atoms with Gasteiger partial charge in [0.25, 0.3) is 5.91 Å². The number of ether oxygens (including phenoxy) is 2. The summed E-state index contributed by atoms with van der Waals surface area (Å²) in [4.78, 5) is 24.7. The lowest BCUT2D eigenvalue weighted by molar-refractivity contribution is -0.132. The molecule has 0 spiro atoms. The number of carboxylic acids is 1. The van der Waals surface area contributed by atoms with Crippen molar-refractivity contribution in [1.82, 2.24) is 9.78 Å². The van der Waals surface area contributed by atoms with Gasteiger partial charge in [-0.3, -0.25) is 4.79 Å². The number of benzene rings is 2. The fourth-order valence-electron chi connectivity index (χ4n) is 3.41. The molecule has 164 valence electrons. The van der Waals surface area contributed by atoms with Crippen molar-refractivity contribution in [2.75, 3.05) is 24.9 Å². The van der Waals surface area contributed by atoms with E-state index in [1.54, 1.807) is 18.2 Å². The van der Waals surface area contributed by atoms with Crippen LogP contribution in [0.2, 0.25) is 0 Å². The molecule has 2 heterocycles. The second-order valence-electron chi connectivity index (χ2n) is 6.88. The van der Waals surface area contributed by atoms with Crippen molar-refractivity contribution in [2.45, 2.75) is 6.04 Å². The Bertz CT molecular complexity index is 1220. The summed E-state index contributed by atoms with van der Waals surface area (Å²) in [6.07, 6.45) is 2.81. The van der Waals surface area contributed by atoms with Gasteiger partial charge >= 0.3 is 5.97 Å². The molecule has 1 aliphatic rings. The van der Waals surface area contributed by atoms with Gasteiger partial charge in [-0.2, -0.15) is 5.10 Å². The van der Waals surface area contributed by atoms with Crippen molar-refractivity contribution in [3.8, 4) is 11.5 Å². The number of carbonyl (C=O) groups excluding carboxylic acids is 1. The molecular weight excluding hydrogens is 419 g/mol. The molecule has 9 nitrogen and oxygen atoms in total. The standard InChI is InChI=1S/C22H19FN4O5/c1-31-14-7-8-19(32-2)15(9-14)18-10-17(22(29)30)26-20-16(11-24-27(18)20)21(28)25-13-5-3-12(23)4-6-13/h3-11,18,26H,1-2H3,(H,25,28)(H,29,30). The number of aliphatic carboxylic acids is 1. The molecule has 0 fully saturated rings. The maximum absolute atomic E-state index is 13.1. The molecule has 0 saturated carbocycles. The van der Waals surface area contributed by atoms with Gasteiger partial charge in [0.05, 0.1) is 20.4 Å². The lowest BCUT2D eigenvalue weighted by Gasteiger charge is -2.26. The van der Waals surface area contributed by atoms with E-state index in [-0.39, 0.29) is 17.1 Å². The third-order valence-corrected chi connectivity index (χ3v) is 4.97. The summed E-state index contributed by atoms with van der Waals surface area (Å²) in [6.45, 7) is 0. The van der Waals surface area contributed by atoms with Gasteiger partial charge < -0.3 is 25.2 Å². The van der Waals surface area contributed by atoms with E-state index >= 15 is 0 Å². The predicted octanol–water partition coefficient (Wildman–Crippen LogP) is 3.28. The van der Waals surface area contributed by atoms with E-state index in [9.17, 15) is 19.1 Å². The van der Waals surface area contributed by atoms with Crippen LogP contribution in [0.25, 0.3) is 0 Å². The zero-order chi connectivity index (χ0) is 22.8. The highest BCUT2D eigenvalue weighted by Crippen LogP contribution is 2.38. The summed E-state index contributed by atoms with van der Waals surface area (Å²) in [6, 6.07) is 9.73. The summed E-state index contributed by atoms with van der Waals surface area (Å²) < 4.78 is 25.4. The van der Waals surface area contributed by atoms with Crippen molar-refractivity contribution in [3.05, 3.63) is 77.4 Å². The highest BCUT2D eigenvalue weighted by atomic mass is 19.1. The average molecular weight is 438 g/mol. The molecule has 1 unspecified atom stereocenters. The quantitative estimate of drug-likeness (QED) is 0.541. The Balaban J connectivity index is 1.77. The van der Waals surface area contributed by atoms with E-state index in [2.05, 4.69) is 15.7 Å². The van der Waals surface area contributed by atoms with Crippen LogP contribution in [0.4, 0.5) is 15.9 Å². The number of methoxy groups -OCH3 is 2. The van der Waals surface area contributed by atoms with Gasteiger partial charge in [0, 0.05) is 11.3 Å². The molecule has 0 radical (unpaired) electrons. The molecule has 0 bridgehead atoms. The molecule has 2 aromatic carbocycles. The minimum atomic E-state index is -1.20. The molecule has 3 aromatic rings. The number of hydrogen-bond acceptors (Lipinski definition) is 6. The molecule has 1 atom stereocenters. The van der Waals surface area contributed by atoms with Crippen LogP contribution < -0.4 is 20.1 Å². The van der Waals surface area contributed by atoms with Crippen LogP contribution in [-0.4, -0.2) is 41.0 Å². The van der Waals surface area contributed by atoms with E-state index in [1.165, 1.54) is 55.4 Å². The molecule has 1 amide bonds. The molecular formula is C22H19FN4O5. The second-order valence-corrected chi connectivity index (χ2v) is 6.88. The number of nitrogens with zero attached hydrogens (tertiary/aromatic N) is 2. The van der Waals surface area contributed by atoms with Crippen LogP contribution in [-0.2, 0) is 4.79 Å². The number of aromatic nitrogens is 2. The predicted molar refractivity (Wildman–Crippen MR) is 114 cm³/mol. The van der Waals surface area contributed by atoms with Crippen LogP contribution in [0.15, 0.2) is 60.4 Å². The normalized spacial score (nSPS) is 14.6. The van der Waals surface area contributed by atoms with E-state index in [4.69, 9.17) is 9.47 Å². The van der Waals surface area contributed by atoms with Crippen LogP contribution in [0, 0.1) is 5.82 Å². The maximum atomic E-state index is 13.1. The molecule has 1 aliphatic heterocycles. The van der Waals surface area contributed by atoms with Crippen molar-refractivity contribution >= 4 is 23.4 Å². The Labute approximate surface area is 182 Å². The average Bonchev–Trinajstić information content (AvgIpc) is 3.23. The minimum Gasteiger partial charge on any atom is -0.497 e. The summed E-state index contributed by atoms with van der Waals surface area (Å²) in [5.74, 6) is -0.925. The summed E-state index contributed by atoms with van der Waals surface area (Å²) in [5.41, 5.74) is 0.978. The second kappa shape index (κ2) is 8.42. The van der Waals surface area contributed by atoms with Gasteiger partial charge in [0.2, 0.25) is 0 Å². The molecule has 3 N–H and O–H groups in total. The fraction of sp³-hybridized carbons (Fsp3) is 0.136. The van der Waals surface area contributed by atoms with Crippen LogP contribution >= 0.6 is 0 Å². The largest absolute Gasteiger partial charge is 0.497 e. The van der Waals surface area contributed by atoms with Crippen LogP contribution in [0.3, 0.4) is 0 Å². The highest BCUT2D eigenvalue weighted by Gasteiger charge is 2.31. The Kier molecular flexibility index (Phi) is 5.50. The SMILES string of the molecule is COc1ccc(OC)c(C2C=C(C(=O)O)Nc3c(C(=O)Nc4ccc(F)cc4)cnn32)c1. The third kappa shape index (κ3) is 3.85. The highest BCUT2D eigenvalue weighted by molar-refractivity contribution is 6.08. The van der Waals surface area contributed by atoms with Gasteiger partial charge in [-0.15, -0.1) is 0 Å². The van der Waals surface area contributed by atoms with E-state index in [1.807, 2.05) is 0 Å². The number of nitrogens with one attached hydrogen (secondary N) is 2. The van der Waals surface area contributed by atoms with E-state index in [0.717, 1.165) is 0 Å². The van der Waals surface area contributed by atoms with Crippen molar-refractivity contribution in [2.24, 2.45) is 0 Å². The topological polar surface area (TPSA) is 115 Å². The maximum Gasteiger partial charge on any atom is 0.352 e. The molecule has 10 heteroatoms. The Morgan fingerprint density at radius 3 is 2.56 bits per heavy atom. The van der Waals surface area contributed by atoms with Gasteiger partial charge in [0.15, 0.2) is 0 Å². The van der Waals surface area contributed by atoms with E-state index in [0.29, 0.717) is 22.7 Å². The fourth-order valence-corrected chi connectivity index (χ4v) is 3.41. The van der Waals surface area contributed by atoms with Gasteiger partial charge in [-0.25, -0.2) is 13.9 Å². The number of carboxylic acid groups (broad SMARTS) is 1. The Morgan fingerprint density at radius 1 is 1.16 bits per heavy atom. The monoisotopic (exact) mass is 438 g/mol. The van der Waals surface area contributed by atoms with Crippen molar-refractivity contribution < 1.29 is 28.6 Å². The number of anilines is 2. The minimum absolute atomic E-state index is 0.119. The lowest BCUT2D eigenvalue weighted by Crippen LogP contribution is -2.26. The summed E-state index contributed by atoms with van der Waals surface area (Å²) in [7, 11) is 3.02.